The van der Waals surface area contributed by atoms with Crippen LogP contribution in [0.15, 0.2) is 43.1 Å². The Balaban J connectivity index is 0.00000179. The minimum Gasteiger partial charge on any atom is -0.655 e. The number of aromatic nitrogens is 1. The van der Waals surface area contributed by atoms with Crippen LogP contribution >= 0.6 is 0 Å². The molecule has 0 radical (unpaired) electrons. The molecule has 0 aliphatic carbocycles. The number of aryl methyl sites for hydroxylation is 1. The molecule has 0 amide bonds. The summed E-state index contributed by atoms with van der Waals surface area (Å²) < 4.78 is 16.3. The van der Waals surface area contributed by atoms with Gasteiger partial charge in [0.25, 0.3) is 0 Å². The number of aromatic hydroxyl groups is 1. The summed E-state index contributed by atoms with van der Waals surface area (Å²) in [5.74, 6) is 1.91. The van der Waals surface area contributed by atoms with Crippen LogP contribution in [-0.2, 0) is 29.0 Å². The topological polar surface area (TPSA) is 173 Å². The van der Waals surface area contributed by atoms with Crippen molar-refractivity contribution in [3.05, 3.63) is 65.4 Å². The predicted molar refractivity (Wildman–Crippen MR) is 211 cm³/mol. The van der Waals surface area contributed by atoms with Gasteiger partial charge in [0.15, 0.2) is 11.4 Å². The van der Waals surface area contributed by atoms with Gasteiger partial charge >= 0.3 is 0 Å². The van der Waals surface area contributed by atoms with Gasteiger partial charge in [-0.15, -0.1) is 0 Å². The smallest absolute Gasteiger partial charge is 0.168 e. The molecule has 53 heavy (non-hydrogen) atoms. The Morgan fingerprint density at radius 2 is 1.32 bits per heavy atom. The van der Waals surface area contributed by atoms with Crippen molar-refractivity contribution in [3.8, 4) is 29.4 Å². The van der Waals surface area contributed by atoms with Crippen LogP contribution in [0.25, 0.3) is 29.1 Å². The van der Waals surface area contributed by atoms with E-state index >= 15 is 0 Å². The zero-order valence-corrected chi connectivity index (χ0v) is 34.9. The largest absolute Gasteiger partial charge is 0.655 e. The summed E-state index contributed by atoms with van der Waals surface area (Å²) in [6.07, 6.45) is 22.4. The Labute approximate surface area is 328 Å². The predicted octanol–water partition coefficient (Wildman–Crippen LogP) is 10.3. The van der Waals surface area contributed by atoms with E-state index in [0.717, 1.165) is 52.0 Å². The minimum absolute atomic E-state index is 0. The maximum absolute atomic E-state index is 10.5. The number of methoxy groups -OCH3 is 1. The van der Waals surface area contributed by atoms with E-state index in [1.165, 1.54) is 89.9 Å². The minimum atomic E-state index is -0.590. The fourth-order valence-corrected chi connectivity index (χ4v) is 5.08. The number of phenols is 1. The number of hydrogen-bond donors (Lipinski definition) is 3. The van der Waals surface area contributed by atoms with Gasteiger partial charge in [0.2, 0.25) is 0 Å². The number of phenolic OH excluding ortho intramolecular Hbond substituents is 1. The molecule has 0 atom stereocenters. The van der Waals surface area contributed by atoms with Gasteiger partial charge in [0.1, 0.15) is 34.9 Å². The maximum atomic E-state index is 10.5. The molecule has 0 aliphatic heterocycles. The van der Waals surface area contributed by atoms with E-state index in [4.69, 9.17) is 35.6 Å². The molecule has 0 spiro atoms. The quantitative estimate of drug-likeness (QED) is 0.0315. The van der Waals surface area contributed by atoms with Crippen molar-refractivity contribution >= 4 is 47.0 Å². The van der Waals surface area contributed by atoms with Gasteiger partial charge in [0.05, 0.1) is 13.2 Å². The van der Waals surface area contributed by atoms with Gasteiger partial charge in [-0.25, -0.2) is 0 Å². The number of pyridine rings is 1. The van der Waals surface area contributed by atoms with Crippen molar-refractivity contribution < 1.29 is 43.6 Å². The summed E-state index contributed by atoms with van der Waals surface area (Å²) in [5.41, 5.74) is 3.16. The third-order valence-corrected chi connectivity index (χ3v) is 7.96. The number of fused-ring (bicyclic) bond motifs is 1. The second-order valence-electron chi connectivity index (χ2n) is 12.0. The molecule has 0 saturated heterocycles. The molecule has 0 unspecified atom stereocenters. The Morgan fingerprint density at radius 1 is 0.849 bits per heavy atom. The van der Waals surface area contributed by atoms with Crippen LogP contribution in [0.1, 0.15) is 113 Å². The van der Waals surface area contributed by atoms with Crippen molar-refractivity contribution in [2.45, 2.75) is 97.8 Å². The summed E-state index contributed by atoms with van der Waals surface area (Å²) in [5, 5.41) is 40.3. The first kappa shape index (κ1) is 48.1. The first-order valence-electron chi connectivity index (χ1n) is 17.9. The third kappa shape index (κ3) is 18.5. The molecule has 10 nitrogen and oxygen atoms in total. The summed E-state index contributed by atoms with van der Waals surface area (Å²) in [4.78, 5) is 13.2. The number of benzene rings is 2. The zero-order chi connectivity index (χ0) is 38.6. The van der Waals surface area contributed by atoms with Gasteiger partial charge in [-0.05, 0) is 55.2 Å². The Kier molecular flexibility index (Phi) is 27.0. The van der Waals surface area contributed by atoms with E-state index in [1.54, 1.807) is 6.20 Å². The molecule has 11 heteroatoms. The number of rotatable bonds is 21. The molecule has 1 heterocycles. The third-order valence-electron chi connectivity index (χ3n) is 7.96. The summed E-state index contributed by atoms with van der Waals surface area (Å²) in [6, 6.07) is 12.7. The van der Waals surface area contributed by atoms with Gasteiger partial charge in [-0.2, -0.15) is 10.5 Å². The number of ether oxygens (including phenoxy) is 3. The molecular formula is C42H54N5O5Zn-. The SMILES string of the molecule is C=Cc1cc(OCCCCCCCC)c(/C=C/c2cc(C)c(O)c3ncccc23)cc1OCCCCCCCC.CO[C-]=O.N#CC(=N)C(=N)C#N.[Zn]. The average molecular weight is 774 g/mol. The molecule has 280 valence electrons. The number of carbonyl (C=O) groups excluding carboxylic acids is 1. The second kappa shape index (κ2) is 29.7. The average Bonchev–Trinajstić information content (AvgIpc) is 3.17. The van der Waals surface area contributed by atoms with E-state index in [9.17, 15) is 5.11 Å². The van der Waals surface area contributed by atoms with E-state index in [1.807, 2.05) is 31.2 Å². The normalized spacial score (nSPS) is 9.92. The summed E-state index contributed by atoms with van der Waals surface area (Å²) >= 11 is 0. The van der Waals surface area contributed by atoms with E-state index in [-0.39, 0.29) is 25.2 Å². The van der Waals surface area contributed by atoms with E-state index in [2.05, 4.69) is 54.4 Å². The van der Waals surface area contributed by atoms with Crippen LogP contribution in [0.5, 0.6) is 17.2 Å². The van der Waals surface area contributed by atoms with Crippen molar-refractivity contribution in [1.29, 1.82) is 21.3 Å². The number of hydrogen-bond acceptors (Lipinski definition) is 10. The standard InChI is InChI=1S/C36H49NO3.C4H2N4.C2H3O2.Zn/c1-5-8-10-12-14-16-23-39-33-27-31(34(26-29(33)7-3)40-24-17-15-13-11-9-6-2)21-20-30-25-28(4)36(38)35-32(30)19-18-22-37-35;5-1-3(7)4(8)2-6;1-4-2-3;/h7,18-22,25-27,38H,3,5-6,8-17,23-24H2,1-2,4H3;7-8H;1H3;/q;;-1;/b21-20+;;;. The van der Waals surface area contributed by atoms with Gasteiger partial charge in [-0.1, -0.05) is 115 Å². The number of nitrogens with one attached hydrogen (secondary N) is 2. The van der Waals surface area contributed by atoms with E-state index < -0.39 is 11.4 Å². The Morgan fingerprint density at radius 3 is 1.81 bits per heavy atom. The molecular weight excluding hydrogens is 720 g/mol. The number of unbranched alkanes of at least 4 members (excludes halogenated alkanes) is 10. The van der Waals surface area contributed by atoms with Crippen molar-refractivity contribution in [1.82, 2.24) is 4.98 Å². The van der Waals surface area contributed by atoms with Crippen molar-refractivity contribution in [2.75, 3.05) is 20.3 Å². The first-order chi connectivity index (χ1) is 25.2. The van der Waals surface area contributed by atoms with Crippen LogP contribution in [-0.4, -0.2) is 48.3 Å². The van der Waals surface area contributed by atoms with E-state index in [0.29, 0.717) is 18.7 Å². The van der Waals surface area contributed by atoms with Gasteiger partial charge in [0, 0.05) is 49.3 Å². The molecule has 0 aliphatic rings. The molecule has 3 aromatic rings. The van der Waals surface area contributed by atoms with Crippen LogP contribution < -0.4 is 9.47 Å². The van der Waals surface area contributed by atoms with Crippen LogP contribution in [0, 0.1) is 40.4 Å². The summed E-state index contributed by atoms with van der Waals surface area (Å²) in [7, 11) is 1.26. The Bertz CT molecular complexity index is 1670. The summed E-state index contributed by atoms with van der Waals surface area (Å²) in [6.45, 7) is 13.0. The molecule has 2 aromatic carbocycles. The number of nitriles is 2. The maximum Gasteiger partial charge on any atom is 0.168 e. The molecule has 3 rings (SSSR count). The Hall–Kier alpha value is -4.86. The first-order valence-corrected chi connectivity index (χ1v) is 17.9. The van der Waals surface area contributed by atoms with Gasteiger partial charge < -0.3 is 24.1 Å². The number of nitrogens with zero attached hydrogens (tertiary/aromatic N) is 3. The second-order valence-corrected chi connectivity index (χ2v) is 12.0. The van der Waals surface area contributed by atoms with Crippen LogP contribution in [0.4, 0.5) is 0 Å². The molecule has 0 bridgehead atoms. The molecule has 0 saturated carbocycles. The molecule has 0 fully saturated rings. The van der Waals surface area contributed by atoms with Crippen LogP contribution in [0.2, 0.25) is 0 Å². The fourth-order valence-electron chi connectivity index (χ4n) is 5.08. The van der Waals surface area contributed by atoms with Crippen molar-refractivity contribution in [2.24, 2.45) is 0 Å². The fraction of sp³-hybridized carbons (Fsp3) is 0.429. The monoisotopic (exact) mass is 772 g/mol. The molecule has 1 aromatic heterocycles. The van der Waals surface area contributed by atoms with Crippen molar-refractivity contribution in [3.63, 3.8) is 0 Å². The van der Waals surface area contributed by atoms with Gasteiger partial charge in [-0.3, -0.25) is 15.8 Å². The van der Waals surface area contributed by atoms with Crippen LogP contribution in [0.3, 0.4) is 0 Å². The molecule has 3 N–H and O–H groups in total. The zero-order valence-electron chi connectivity index (χ0n) is 31.9.